The van der Waals surface area contributed by atoms with Crippen LogP contribution in [0.2, 0.25) is 0 Å². The van der Waals surface area contributed by atoms with Gasteiger partial charge in [-0.2, -0.15) is 5.10 Å². The van der Waals surface area contributed by atoms with Crippen molar-refractivity contribution >= 4 is 33.4 Å². The number of aryl methyl sites for hydroxylation is 2. The maximum Gasteiger partial charge on any atom is 0.227 e. The minimum atomic E-state index is 0.119. The summed E-state index contributed by atoms with van der Waals surface area (Å²) in [5.74, 6) is 0.397. The van der Waals surface area contributed by atoms with Crippen molar-refractivity contribution in [2.45, 2.75) is 64.6 Å². The Morgan fingerprint density at radius 2 is 1.74 bits per heavy atom. The monoisotopic (exact) mass is 589 g/mol. The van der Waals surface area contributed by atoms with E-state index >= 15 is 0 Å². The third kappa shape index (κ3) is 5.41. The van der Waals surface area contributed by atoms with Gasteiger partial charge >= 0.3 is 0 Å². The summed E-state index contributed by atoms with van der Waals surface area (Å²) >= 11 is 3.53. The van der Waals surface area contributed by atoms with Crippen LogP contribution in [0.1, 0.15) is 49.4 Å². The van der Waals surface area contributed by atoms with Gasteiger partial charge in [-0.1, -0.05) is 46.3 Å². The van der Waals surface area contributed by atoms with Crippen LogP contribution in [0.4, 0.5) is 5.69 Å². The normalized spacial score (nSPS) is 18.3. The maximum atomic E-state index is 12.8. The molecule has 2 amide bonds. The van der Waals surface area contributed by atoms with Crippen LogP contribution in [0.15, 0.2) is 53.0 Å². The number of carbonyl (C=O) groups is 2. The lowest BCUT2D eigenvalue weighted by atomic mass is 9.95. The first-order valence-electron chi connectivity index (χ1n) is 14.2. The number of benzene rings is 2. The standard InChI is InChI=1S/C31H36BrN5O2/c1-22(38)35-20-15-29-27(21-35)31(24-7-10-25(32)11-8-24)33-36(29)17-4-16-34-18-13-26(14-19-34)37-28-6-3-2-5-23(28)9-12-30(37)39/h2-3,5-8,10-11,26H,4,9,12-21H2,1H3. The first-order valence-corrected chi connectivity index (χ1v) is 15.0. The first-order chi connectivity index (χ1) is 19.0. The molecule has 0 N–H and O–H groups in total. The van der Waals surface area contributed by atoms with Crippen molar-refractivity contribution in [1.29, 1.82) is 0 Å². The van der Waals surface area contributed by atoms with Crippen LogP contribution in [-0.4, -0.2) is 63.6 Å². The lowest BCUT2D eigenvalue weighted by Crippen LogP contribution is -2.49. The number of aromatic nitrogens is 2. The highest BCUT2D eigenvalue weighted by Crippen LogP contribution is 2.33. The quantitative estimate of drug-likeness (QED) is 0.403. The summed E-state index contributed by atoms with van der Waals surface area (Å²) in [6.07, 6.45) is 5.39. The predicted octanol–water partition coefficient (Wildman–Crippen LogP) is 5.05. The van der Waals surface area contributed by atoms with Gasteiger partial charge in [0, 0.05) is 85.5 Å². The molecule has 204 valence electrons. The molecule has 0 bridgehead atoms. The van der Waals surface area contributed by atoms with Gasteiger partial charge in [0.2, 0.25) is 11.8 Å². The zero-order valence-corrected chi connectivity index (χ0v) is 24.2. The molecule has 1 fully saturated rings. The van der Waals surface area contributed by atoms with E-state index in [0.717, 1.165) is 86.2 Å². The molecular weight excluding hydrogens is 554 g/mol. The van der Waals surface area contributed by atoms with Crippen LogP contribution < -0.4 is 4.90 Å². The minimum absolute atomic E-state index is 0.119. The Morgan fingerprint density at radius 3 is 2.51 bits per heavy atom. The molecular formula is C31H36BrN5O2. The largest absolute Gasteiger partial charge is 0.338 e. The molecule has 0 atom stereocenters. The first kappa shape index (κ1) is 26.3. The number of anilines is 1. The summed E-state index contributed by atoms with van der Waals surface area (Å²) in [5, 5.41) is 5.07. The van der Waals surface area contributed by atoms with Crippen LogP contribution in [-0.2, 0) is 35.5 Å². The van der Waals surface area contributed by atoms with Gasteiger partial charge in [0.1, 0.15) is 0 Å². The van der Waals surface area contributed by atoms with Crippen LogP contribution >= 0.6 is 15.9 Å². The van der Waals surface area contributed by atoms with E-state index in [-0.39, 0.29) is 11.8 Å². The summed E-state index contributed by atoms with van der Waals surface area (Å²) in [6.45, 7) is 6.96. The van der Waals surface area contributed by atoms with Gasteiger partial charge in [0.15, 0.2) is 0 Å². The van der Waals surface area contributed by atoms with E-state index in [2.05, 4.69) is 60.7 Å². The van der Waals surface area contributed by atoms with E-state index in [0.29, 0.717) is 19.0 Å². The third-order valence-corrected chi connectivity index (χ3v) is 9.12. The number of rotatable bonds is 6. The Bertz CT molecular complexity index is 1360. The molecule has 1 saturated heterocycles. The highest BCUT2D eigenvalue weighted by atomic mass is 79.9. The highest BCUT2D eigenvalue weighted by Gasteiger charge is 2.32. The summed E-state index contributed by atoms with van der Waals surface area (Å²) in [6, 6.07) is 17.0. The molecule has 3 aliphatic heterocycles. The van der Waals surface area contributed by atoms with Crippen molar-refractivity contribution in [3.8, 4) is 11.3 Å². The number of para-hydroxylation sites is 1. The summed E-state index contributed by atoms with van der Waals surface area (Å²) in [5.41, 5.74) is 6.97. The second kappa shape index (κ2) is 11.3. The van der Waals surface area contributed by atoms with Crippen molar-refractivity contribution in [2.24, 2.45) is 0 Å². The number of piperidine rings is 1. The van der Waals surface area contributed by atoms with Gasteiger partial charge in [-0.3, -0.25) is 14.3 Å². The Balaban J connectivity index is 1.09. The Morgan fingerprint density at radius 1 is 0.974 bits per heavy atom. The Labute approximate surface area is 238 Å². The number of amides is 2. The molecule has 6 rings (SSSR count). The van der Waals surface area contributed by atoms with Crippen molar-refractivity contribution in [3.05, 3.63) is 69.8 Å². The number of nitrogens with zero attached hydrogens (tertiary/aromatic N) is 5. The van der Waals surface area contributed by atoms with E-state index in [9.17, 15) is 9.59 Å². The lowest BCUT2D eigenvalue weighted by Gasteiger charge is -2.41. The van der Waals surface area contributed by atoms with Crippen molar-refractivity contribution < 1.29 is 9.59 Å². The molecule has 0 saturated carbocycles. The fourth-order valence-electron chi connectivity index (χ4n) is 6.48. The highest BCUT2D eigenvalue weighted by molar-refractivity contribution is 9.10. The number of hydrogen-bond donors (Lipinski definition) is 0. The van der Waals surface area contributed by atoms with Crippen molar-refractivity contribution in [1.82, 2.24) is 19.6 Å². The summed E-state index contributed by atoms with van der Waals surface area (Å²) < 4.78 is 3.24. The van der Waals surface area contributed by atoms with Crippen LogP contribution in [0.5, 0.6) is 0 Å². The molecule has 1 aromatic heterocycles. The molecule has 4 heterocycles. The molecule has 0 aliphatic carbocycles. The molecule has 2 aromatic carbocycles. The average Bonchev–Trinajstić information content (AvgIpc) is 3.32. The molecule has 0 unspecified atom stereocenters. The van der Waals surface area contributed by atoms with E-state index in [1.165, 1.54) is 16.8 Å². The number of carbonyl (C=O) groups excluding carboxylic acids is 2. The van der Waals surface area contributed by atoms with Gasteiger partial charge in [-0.15, -0.1) is 0 Å². The fourth-order valence-corrected chi connectivity index (χ4v) is 6.75. The molecule has 0 radical (unpaired) electrons. The van der Waals surface area contributed by atoms with E-state index < -0.39 is 0 Å². The summed E-state index contributed by atoms with van der Waals surface area (Å²) in [4.78, 5) is 31.5. The molecule has 8 heteroatoms. The van der Waals surface area contributed by atoms with Gasteiger partial charge in [0.05, 0.1) is 5.69 Å². The van der Waals surface area contributed by atoms with Gasteiger partial charge in [0.25, 0.3) is 0 Å². The maximum absolute atomic E-state index is 12.8. The Hall–Kier alpha value is -2.97. The molecule has 3 aromatic rings. The lowest BCUT2D eigenvalue weighted by molar-refractivity contribution is -0.129. The van der Waals surface area contributed by atoms with Crippen LogP contribution in [0, 0.1) is 0 Å². The van der Waals surface area contributed by atoms with E-state index in [1.807, 2.05) is 23.1 Å². The number of hydrogen-bond acceptors (Lipinski definition) is 4. The van der Waals surface area contributed by atoms with E-state index in [4.69, 9.17) is 5.10 Å². The van der Waals surface area contributed by atoms with Crippen molar-refractivity contribution in [2.75, 3.05) is 31.1 Å². The minimum Gasteiger partial charge on any atom is -0.338 e. The average molecular weight is 591 g/mol. The van der Waals surface area contributed by atoms with Gasteiger partial charge in [-0.25, -0.2) is 0 Å². The molecule has 3 aliphatic rings. The molecule has 39 heavy (non-hydrogen) atoms. The third-order valence-electron chi connectivity index (χ3n) is 8.59. The number of halogens is 1. The number of likely N-dealkylation sites (tertiary alicyclic amines) is 1. The predicted molar refractivity (Wildman–Crippen MR) is 156 cm³/mol. The second-order valence-corrected chi connectivity index (χ2v) is 11.9. The van der Waals surface area contributed by atoms with Gasteiger partial charge in [-0.05, 0) is 56.0 Å². The number of fused-ring (bicyclic) bond motifs is 2. The van der Waals surface area contributed by atoms with Gasteiger partial charge < -0.3 is 14.7 Å². The topological polar surface area (TPSA) is 61.7 Å². The van der Waals surface area contributed by atoms with E-state index in [1.54, 1.807) is 6.92 Å². The van der Waals surface area contributed by atoms with Crippen molar-refractivity contribution in [3.63, 3.8) is 0 Å². The fraction of sp³-hybridized carbons (Fsp3) is 0.452. The SMILES string of the molecule is CC(=O)N1CCc2c(c(-c3ccc(Br)cc3)nn2CCCN2CCC(N3C(=O)CCc4ccccc43)CC2)C1. The zero-order chi connectivity index (χ0) is 26.9. The molecule has 0 spiro atoms. The Kier molecular flexibility index (Phi) is 7.58. The van der Waals surface area contributed by atoms with Crippen LogP contribution in [0.3, 0.4) is 0 Å². The summed E-state index contributed by atoms with van der Waals surface area (Å²) in [7, 11) is 0. The second-order valence-electron chi connectivity index (χ2n) is 11.0. The smallest absolute Gasteiger partial charge is 0.227 e. The molecule has 7 nitrogen and oxygen atoms in total. The van der Waals surface area contributed by atoms with Crippen LogP contribution in [0.25, 0.3) is 11.3 Å². The zero-order valence-electron chi connectivity index (χ0n) is 22.6.